The SMILES string of the molecule is CCN(CC)C(=O)c1cccc(NCC(=O)Nc2cccc(C(=O)NC3CCCCC3)c2)c1. The van der Waals surface area contributed by atoms with Crippen LogP contribution in [0.15, 0.2) is 48.5 Å². The van der Waals surface area contributed by atoms with Gasteiger partial charge in [-0.05, 0) is 63.1 Å². The molecule has 7 heteroatoms. The Balaban J connectivity index is 1.54. The molecule has 2 aromatic rings. The number of anilines is 2. The van der Waals surface area contributed by atoms with Crippen LogP contribution in [-0.2, 0) is 4.79 Å². The van der Waals surface area contributed by atoms with Gasteiger partial charge < -0.3 is 20.9 Å². The third-order valence-electron chi connectivity index (χ3n) is 5.96. The predicted octanol–water partition coefficient (Wildman–Crippen LogP) is 4.28. The van der Waals surface area contributed by atoms with Crippen molar-refractivity contribution < 1.29 is 14.4 Å². The zero-order chi connectivity index (χ0) is 23.6. The van der Waals surface area contributed by atoms with Crippen LogP contribution in [0.25, 0.3) is 0 Å². The molecular formula is C26H34N4O3. The van der Waals surface area contributed by atoms with Gasteiger partial charge in [-0.25, -0.2) is 0 Å². The number of hydrogen-bond acceptors (Lipinski definition) is 4. The minimum atomic E-state index is -0.236. The maximum Gasteiger partial charge on any atom is 0.253 e. The lowest BCUT2D eigenvalue weighted by Crippen LogP contribution is -2.36. The summed E-state index contributed by atoms with van der Waals surface area (Å²) in [6.45, 7) is 5.23. The highest BCUT2D eigenvalue weighted by Gasteiger charge is 2.17. The molecule has 0 unspecified atom stereocenters. The molecule has 1 saturated carbocycles. The van der Waals surface area contributed by atoms with Crippen LogP contribution in [0.4, 0.5) is 11.4 Å². The van der Waals surface area contributed by atoms with Gasteiger partial charge in [0.1, 0.15) is 0 Å². The molecule has 2 aromatic carbocycles. The summed E-state index contributed by atoms with van der Waals surface area (Å²) in [7, 11) is 0. The van der Waals surface area contributed by atoms with Gasteiger partial charge in [0, 0.05) is 41.6 Å². The molecular weight excluding hydrogens is 416 g/mol. The van der Waals surface area contributed by atoms with Crippen molar-refractivity contribution in [1.82, 2.24) is 10.2 Å². The van der Waals surface area contributed by atoms with E-state index in [1.165, 1.54) is 6.42 Å². The molecule has 0 aliphatic heterocycles. The van der Waals surface area contributed by atoms with Gasteiger partial charge in [0.15, 0.2) is 0 Å². The molecule has 0 atom stereocenters. The monoisotopic (exact) mass is 450 g/mol. The average Bonchev–Trinajstić information content (AvgIpc) is 2.84. The maximum atomic E-state index is 12.6. The van der Waals surface area contributed by atoms with Crippen molar-refractivity contribution in [3.63, 3.8) is 0 Å². The number of nitrogens with one attached hydrogen (secondary N) is 3. The third kappa shape index (κ3) is 7.07. The number of carbonyl (C=O) groups excluding carboxylic acids is 3. The molecule has 0 heterocycles. The summed E-state index contributed by atoms with van der Waals surface area (Å²) in [5.74, 6) is -0.373. The number of nitrogens with zero attached hydrogens (tertiary/aromatic N) is 1. The fraction of sp³-hybridized carbons (Fsp3) is 0.423. The number of carbonyl (C=O) groups is 3. The van der Waals surface area contributed by atoms with E-state index in [9.17, 15) is 14.4 Å². The van der Waals surface area contributed by atoms with Gasteiger partial charge >= 0.3 is 0 Å². The summed E-state index contributed by atoms with van der Waals surface area (Å²) in [5, 5.41) is 8.99. The minimum absolute atomic E-state index is 0.0311. The first kappa shape index (κ1) is 24.3. The van der Waals surface area contributed by atoms with Crippen LogP contribution >= 0.6 is 0 Å². The molecule has 33 heavy (non-hydrogen) atoms. The lowest BCUT2D eigenvalue weighted by atomic mass is 9.95. The van der Waals surface area contributed by atoms with E-state index in [1.807, 2.05) is 19.9 Å². The second kappa shape index (κ2) is 12.0. The molecule has 0 saturated heterocycles. The van der Waals surface area contributed by atoms with Crippen LogP contribution in [0.5, 0.6) is 0 Å². The Labute approximate surface area is 195 Å². The molecule has 0 bridgehead atoms. The fourth-order valence-electron chi connectivity index (χ4n) is 4.10. The van der Waals surface area contributed by atoms with E-state index in [1.54, 1.807) is 47.4 Å². The summed E-state index contributed by atoms with van der Waals surface area (Å²) >= 11 is 0. The Kier molecular flexibility index (Phi) is 8.87. The van der Waals surface area contributed by atoms with Crippen LogP contribution in [0, 0.1) is 0 Å². The van der Waals surface area contributed by atoms with E-state index >= 15 is 0 Å². The second-order valence-electron chi connectivity index (χ2n) is 8.35. The number of rotatable bonds is 9. The van der Waals surface area contributed by atoms with Crippen molar-refractivity contribution in [2.45, 2.75) is 52.0 Å². The highest BCUT2D eigenvalue weighted by molar-refractivity contribution is 5.98. The first-order valence-electron chi connectivity index (χ1n) is 11.8. The van der Waals surface area contributed by atoms with E-state index < -0.39 is 0 Å². The lowest BCUT2D eigenvalue weighted by Gasteiger charge is -2.22. The molecule has 1 aliphatic rings. The molecule has 3 N–H and O–H groups in total. The molecule has 0 spiro atoms. The Bertz CT molecular complexity index is 966. The first-order chi connectivity index (χ1) is 16.0. The topological polar surface area (TPSA) is 90.5 Å². The van der Waals surface area contributed by atoms with E-state index in [2.05, 4.69) is 16.0 Å². The van der Waals surface area contributed by atoms with Gasteiger partial charge in [-0.1, -0.05) is 31.4 Å². The molecule has 7 nitrogen and oxygen atoms in total. The molecule has 3 amide bonds. The van der Waals surface area contributed by atoms with Crippen molar-refractivity contribution >= 4 is 29.1 Å². The van der Waals surface area contributed by atoms with Crippen LogP contribution in [0.1, 0.15) is 66.7 Å². The summed E-state index contributed by atoms with van der Waals surface area (Å²) in [4.78, 5) is 39.3. The van der Waals surface area contributed by atoms with Crippen LogP contribution in [-0.4, -0.2) is 48.3 Å². The zero-order valence-corrected chi connectivity index (χ0v) is 19.5. The summed E-state index contributed by atoms with van der Waals surface area (Å²) < 4.78 is 0. The first-order valence-corrected chi connectivity index (χ1v) is 11.8. The Morgan fingerprint density at radius 3 is 2.21 bits per heavy atom. The van der Waals surface area contributed by atoms with Crippen LogP contribution in [0.3, 0.4) is 0 Å². The third-order valence-corrected chi connectivity index (χ3v) is 5.96. The molecule has 0 aromatic heterocycles. The summed E-state index contributed by atoms with van der Waals surface area (Å²) in [5.41, 5.74) is 2.39. The van der Waals surface area contributed by atoms with Crippen LogP contribution in [0.2, 0.25) is 0 Å². The predicted molar refractivity (Wildman–Crippen MR) is 132 cm³/mol. The van der Waals surface area contributed by atoms with Gasteiger partial charge in [0.05, 0.1) is 6.54 Å². The van der Waals surface area contributed by atoms with E-state index in [0.29, 0.717) is 35.6 Å². The number of hydrogen-bond donors (Lipinski definition) is 3. The Morgan fingerprint density at radius 1 is 0.879 bits per heavy atom. The number of benzene rings is 2. The minimum Gasteiger partial charge on any atom is -0.376 e. The van der Waals surface area contributed by atoms with Gasteiger partial charge in [0.25, 0.3) is 11.8 Å². The molecule has 1 fully saturated rings. The van der Waals surface area contributed by atoms with Crippen LogP contribution < -0.4 is 16.0 Å². The molecule has 1 aliphatic carbocycles. The molecule has 176 valence electrons. The Morgan fingerprint density at radius 2 is 1.52 bits per heavy atom. The maximum absolute atomic E-state index is 12.6. The van der Waals surface area contributed by atoms with Crippen molar-refractivity contribution in [3.8, 4) is 0 Å². The highest BCUT2D eigenvalue weighted by atomic mass is 16.2. The van der Waals surface area contributed by atoms with Gasteiger partial charge in [-0.15, -0.1) is 0 Å². The van der Waals surface area contributed by atoms with Crippen molar-refractivity contribution in [2.24, 2.45) is 0 Å². The van der Waals surface area contributed by atoms with Gasteiger partial charge in [-0.3, -0.25) is 14.4 Å². The normalized spacial score (nSPS) is 13.8. The summed E-state index contributed by atoms with van der Waals surface area (Å²) in [6, 6.07) is 14.4. The van der Waals surface area contributed by atoms with Crippen molar-refractivity contribution in [3.05, 3.63) is 59.7 Å². The van der Waals surface area contributed by atoms with Gasteiger partial charge in [-0.2, -0.15) is 0 Å². The lowest BCUT2D eigenvalue weighted by molar-refractivity contribution is -0.114. The van der Waals surface area contributed by atoms with E-state index in [0.717, 1.165) is 25.7 Å². The second-order valence-corrected chi connectivity index (χ2v) is 8.35. The molecule has 0 radical (unpaired) electrons. The number of amides is 3. The van der Waals surface area contributed by atoms with Gasteiger partial charge in [0.2, 0.25) is 5.91 Å². The quantitative estimate of drug-likeness (QED) is 0.532. The fourth-order valence-corrected chi connectivity index (χ4v) is 4.10. The zero-order valence-electron chi connectivity index (χ0n) is 19.5. The van der Waals surface area contributed by atoms with E-state index in [4.69, 9.17) is 0 Å². The van der Waals surface area contributed by atoms with Crippen molar-refractivity contribution in [1.29, 1.82) is 0 Å². The molecule has 3 rings (SSSR count). The van der Waals surface area contributed by atoms with Crippen molar-refractivity contribution in [2.75, 3.05) is 30.3 Å². The Hall–Kier alpha value is -3.35. The average molecular weight is 451 g/mol. The largest absolute Gasteiger partial charge is 0.376 e. The highest BCUT2D eigenvalue weighted by Crippen LogP contribution is 2.19. The smallest absolute Gasteiger partial charge is 0.253 e. The van der Waals surface area contributed by atoms with E-state index in [-0.39, 0.29) is 30.3 Å². The standard InChI is InChI=1S/C26H34N4O3/c1-3-30(4-2)26(33)20-11-9-14-22(17-20)27-18-24(31)28-23-15-8-10-19(16-23)25(32)29-21-12-6-5-7-13-21/h8-11,14-17,21,27H,3-7,12-13,18H2,1-2H3,(H,28,31)(H,29,32). The summed E-state index contributed by atoms with van der Waals surface area (Å²) in [6.07, 6.45) is 5.59.